The number of hydrogen-bond acceptors (Lipinski definition) is 3. The van der Waals surface area contributed by atoms with Gasteiger partial charge in [-0.3, -0.25) is 4.79 Å². The summed E-state index contributed by atoms with van der Waals surface area (Å²) in [7, 11) is -3.65. The van der Waals surface area contributed by atoms with Gasteiger partial charge in [0.05, 0.1) is 4.90 Å². The fraction of sp³-hybridized carbons (Fsp3) is 0.188. The Balaban J connectivity index is 2.24. The van der Waals surface area contributed by atoms with Crippen molar-refractivity contribution < 1.29 is 13.2 Å². The molecule has 2 rings (SSSR count). The third kappa shape index (κ3) is 3.80. The number of halogens is 1. The summed E-state index contributed by atoms with van der Waals surface area (Å²) in [4.78, 5) is 12.3. The lowest BCUT2D eigenvalue weighted by molar-refractivity contribution is 0.102. The minimum absolute atomic E-state index is 0.142. The zero-order chi connectivity index (χ0) is 15.5. The number of hydrogen-bond donors (Lipinski definition) is 0. The van der Waals surface area contributed by atoms with Crippen LogP contribution in [0.15, 0.2) is 57.9 Å². The van der Waals surface area contributed by atoms with Crippen molar-refractivity contribution in [2.24, 2.45) is 0 Å². The van der Waals surface area contributed by atoms with Crippen LogP contribution in [-0.4, -0.2) is 20.0 Å². The van der Waals surface area contributed by atoms with Crippen LogP contribution in [0, 0.1) is 0 Å². The zero-order valence-corrected chi connectivity index (χ0v) is 13.9. The molecule has 0 saturated carbocycles. The maximum Gasteiger partial charge on any atom is 0.186 e. The number of ketones is 1. The van der Waals surface area contributed by atoms with E-state index in [9.17, 15) is 13.2 Å². The predicted octanol–water partition coefficient (Wildman–Crippen LogP) is 3.67. The summed E-state index contributed by atoms with van der Waals surface area (Å²) in [6, 6.07) is 13.6. The van der Waals surface area contributed by atoms with Gasteiger partial charge in [-0.15, -0.1) is 0 Å². The molecule has 0 aliphatic rings. The molecule has 0 bridgehead atoms. The van der Waals surface area contributed by atoms with Gasteiger partial charge in [0.2, 0.25) is 0 Å². The van der Waals surface area contributed by atoms with E-state index in [2.05, 4.69) is 15.9 Å². The van der Waals surface area contributed by atoms with Crippen LogP contribution in [0.4, 0.5) is 0 Å². The van der Waals surface area contributed by atoms with Crippen LogP contribution in [0.5, 0.6) is 0 Å². The minimum atomic E-state index is -3.65. The van der Waals surface area contributed by atoms with Crippen molar-refractivity contribution in [3.8, 4) is 0 Å². The fourth-order valence-corrected chi connectivity index (χ4v) is 4.30. The molecular weight excluding hydrogens is 352 g/mol. The predicted molar refractivity (Wildman–Crippen MR) is 86.3 cm³/mol. The van der Waals surface area contributed by atoms with Gasteiger partial charge in [-0.05, 0) is 40.0 Å². The van der Waals surface area contributed by atoms with Crippen LogP contribution >= 0.6 is 15.9 Å². The topological polar surface area (TPSA) is 51.2 Å². The Hall–Kier alpha value is -1.46. The summed E-state index contributed by atoms with van der Waals surface area (Å²) in [5.74, 6) is -0.922. The normalized spacial score (nSPS) is 11.3. The molecule has 0 fully saturated rings. The van der Waals surface area contributed by atoms with E-state index in [1.54, 1.807) is 30.3 Å². The maximum absolute atomic E-state index is 12.3. The molecule has 0 radical (unpaired) electrons. The molecule has 0 saturated heterocycles. The second-order valence-corrected chi connectivity index (χ2v) is 7.48. The Labute approximate surface area is 133 Å². The molecule has 0 aromatic heterocycles. The number of Topliss-reactive ketones (excluding diaryl/α,β-unsaturated/α-hetero) is 1. The number of rotatable bonds is 5. The highest BCUT2D eigenvalue weighted by Gasteiger charge is 2.22. The van der Waals surface area contributed by atoms with Gasteiger partial charge in [0, 0.05) is 10.0 Å². The number of benzene rings is 2. The first-order chi connectivity index (χ1) is 9.94. The molecule has 0 atom stereocenters. The molecule has 0 aliphatic carbocycles. The molecule has 3 nitrogen and oxygen atoms in total. The third-order valence-corrected chi connectivity index (χ3v) is 5.80. The number of aryl methyl sites for hydroxylation is 1. The van der Waals surface area contributed by atoms with Crippen molar-refractivity contribution in [1.82, 2.24) is 0 Å². The quantitative estimate of drug-likeness (QED) is 0.758. The van der Waals surface area contributed by atoms with Crippen molar-refractivity contribution >= 4 is 31.6 Å². The first kappa shape index (κ1) is 15.9. The largest absolute Gasteiger partial charge is 0.293 e. The molecule has 0 spiro atoms. The summed E-state index contributed by atoms with van der Waals surface area (Å²) in [5.41, 5.74) is 1.53. The Bertz CT molecular complexity index is 749. The summed E-state index contributed by atoms with van der Waals surface area (Å²) in [6.45, 7) is 2.02. The van der Waals surface area contributed by atoms with Gasteiger partial charge in [0.1, 0.15) is 5.75 Å². The van der Waals surface area contributed by atoms with E-state index < -0.39 is 21.4 Å². The van der Waals surface area contributed by atoms with E-state index >= 15 is 0 Å². The summed E-state index contributed by atoms with van der Waals surface area (Å²) < 4.78 is 25.1. The fourth-order valence-electron chi connectivity index (χ4n) is 1.96. The summed E-state index contributed by atoms with van der Waals surface area (Å²) in [5, 5.41) is 0. The van der Waals surface area contributed by atoms with Crippen LogP contribution in [0.2, 0.25) is 0 Å². The average Bonchev–Trinajstić information content (AvgIpc) is 2.47. The smallest absolute Gasteiger partial charge is 0.186 e. The number of carbonyl (C=O) groups is 1. The highest BCUT2D eigenvalue weighted by molar-refractivity contribution is 9.10. The molecule has 0 unspecified atom stereocenters. The SMILES string of the molecule is CCc1ccc(C(=O)CS(=O)(=O)c2ccccc2Br)cc1. The van der Waals surface area contributed by atoms with Crippen molar-refractivity contribution in [3.63, 3.8) is 0 Å². The van der Waals surface area contributed by atoms with Gasteiger partial charge in [0.25, 0.3) is 0 Å². The first-order valence-electron chi connectivity index (χ1n) is 6.53. The molecule has 0 heterocycles. The van der Waals surface area contributed by atoms with Crippen molar-refractivity contribution in [2.45, 2.75) is 18.2 Å². The van der Waals surface area contributed by atoms with Crippen LogP contribution in [0.25, 0.3) is 0 Å². The van der Waals surface area contributed by atoms with Crippen LogP contribution in [0.1, 0.15) is 22.8 Å². The Morgan fingerprint density at radius 1 is 1.05 bits per heavy atom. The van der Waals surface area contributed by atoms with E-state index in [4.69, 9.17) is 0 Å². The molecule has 110 valence electrons. The summed E-state index contributed by atoms with van der Waals surface area (Å²) in [6.07, 6.45) is 0.879. The van der Waals surface area contributed by atoms with Crippen LogP contribution in [-0.2, 0) is 16.3 Å². The van der Waals surface area contributed by atoms with Gasteiger partial charge >= 0.3 is 0 Å². The van der Waals surface area contributed by atoms with E-state index in [-0.39, 0.29) is 4.90 Å². The highest BCUT2D eigenvalue weighted by Crippen LogP contribution is 2.23. The Morgan fingerprint density at radius 3 is 2.24 bits per heavy atom. The average molecular weight is 367 g/mol. The van der Waals surface area contributed by atoms with E-state index in [1.807, 2.05) is 19.1 Å². The van der Waals surface area contributed by atoms with Gasteiger partial charge in [-0.2, -0.15) is 0 Å². The Kier molecular flexibility index (Phi) is 4.96. The summed E-state index contributed by atoms with van der Waals surface area (Å²) >= 11 is 3.21. The molecule has 0 amide bonds. The number of sulfone groups is 1. The van der Waals surface area contributed by atoms with Crippen molar-refractivity contribution in [1.29, 1.82) is 0 Å². The molecule has 0 N–H and O–H groups in total. The maximum atomic E-state index is 12.3. The highest BCUT2D eigenvalue weighted by atomic mass is 79.9. The molecule has 21 heavy (non-hydrogen) atoms. The minimum Gasteiger partial charge on any atom is -0.293 e. The van der Waals surface area contributed by atoms with Crippen molar-refractivity contribution in [2.75, 3.05) is 5.75 Å². The van der Waals surface area contributed by atoms with E-state index in [0.717, 1.165) is 12.0 Å². The van der Waals surface area contributed by atoms with Gasteiger partial charge in [-0.25, -0.2) is 8.42 Å². The lowest BCUT2D eigenvalue weighted by atomic mass is 10.1. The lowest BCUT2D eigenvalue weighted by Gasteiger charge is -2.06. The van der Waals surface area contributed by atoms with E-state index in [0.29, 0.717) is 10.0 Å². The standard InChI is InChI=1S/C16H15BrO3S/c1-2-12-7-9-13(10-8-12)15(18)11-21(19,20)16-6-4-3-5-14(16)17/h3-10H,2,11H2,1H3. The van der Waals surface area contributed by atoms with Gasteiger partial charge in [0.15, 0.2) is 15.6 Å². The lowest BCUT2D eigenvalue weighted by Crippen LogP contribution is -2.16. The molecular formula is C16H15BrO3S. The van der Waals surface area contributed by atoms with Gasteiger partial charge < -0.3 is 0 Å². The van der Waals surface area contributed by atoms with Crippen LogP contribution < -0.4 is 0 Å². The van der Waals surface area contributed by atoms with Crippen LogP contribution in [0.3, 0.4) is 0 Å². The van der Waals surface area contributed by atoms with Crippen molar-refractivity contribution in [3.05, 3.63) is 64.1 Å². The van der Waals surface area contributed by atoms with Gasteiger partial charge in [-0.1, -0.05) is 43.3 Å². The molecule has 2 aromatic rings. The molecule has 2 aromatic carbocycles. The monoisotopic (exact) mass is 366 g/mol. The third-order valence-electron chi connectivity index (χ3n) is 3.18. The molecule has 5 heteroatoms. The van der Waals surface area contributed by atoms with E-state index in [1.165, 1.54) is 6.07 Å². The Morgan fingerprint density at radius 2 is 1.67 bits per heavy atom. The second-order valence-electron chi connectivity index (χ2n) is 4.66. The molecule has 0 aliphatic heterocycles. The zero-order valence-electron chi connectivity index (χ0n) is 11.5. The first-order valence-corrected chi connectivity index (χ1v) is 8.98. The second kappa shape index (κ2) is 6.54. The number of carbonyl (C=O) groups excluding carboxylic acids is 1.